The first-order chi connectivity index (χ1) is 8.88. The van der Waals surface area contributed by atoms with Gasteiger partial charge in [0.15, 0.2) is 0 Å². The van der Waals surface area contributed by atoms with Crippen LogP contribution in [0.4, 0.5) is 15.8 Å². The first-order valence-corrected chi connectivity index (χ1v) is 6.97. The Balaban J connectivity index is 3.27. The number of hydrogen-bond donors (Lipinski definition) is 1. The molecule has 0 spiro atoms. The van der Waals surface area contributed by atoms with Crippen molar-refractivity contribution in [2.45, 2.75) is 26.3 Å². The molecule has 0 bridgehead atoms. The highest BCUT2D eigenvalue weighted by molar-refractivity contribution is 14.1. The molecule has 0 radical (unpaired) electrons. The van der Waals surface area contributed by atoms with Crippen molar-refractivity contribution in [3.63, 3.8) is 0 Å². The van der Waals surface area contributed by atoms with Crippen LogP contribution in [0.1, 0.15) is 20.3 Å². The normalized spacial score (nSPS) is 10.8. The Morgan fingerprint density at radius 2 is 2.16 bits per heavy atom. The van der Waals surface area contributed by atoms with E-state index in [1.807, 2.05) is 13.8 Å². The van der Waals surface area contributed by atoms with E-state index in [-0.39, 0.29) is 27.6 Å². The maximum absolute atomic E-state index is 13.7. The summed E-state index contributed by atoms with van der Waals surface area (Å²) in [6, 6.07) is 2.40. The number of anilines is 1. The first-order valence-electron chi connectivity index (χ1n) is 5.89. The van der Waals surface area contributed by atoms with Crippen molar-refractivity contribution < 1.29 is 14.4 Å². The molecule has 0 atom stereocenters. The number of nitrogens with zero attached hydrogens (tertiary/aromatic N) is 2. The van der Waals surface area contributed by atoms with E-state index in [2.05, 4.69) is 0 Å². The van der Waals surface area contributed by atoms with E-state index in [1.54, 1.807) is 27.5 Å². The number of aliphatic hydroxyl groups is 1. The second kappa shape index (κ2) is 6.99. The minimum absolute atomic E-state index is 0.0101. The molecule has 0 fully saturated rings. The fourth-order valence-corrected chi connectivity index (χ4v) is 2.25. The van der Waals surface area contributed by atoms with Gasteiger partial charge in [-0.1, -0.05) is 0 Å². The lowest BCUT2D eigenvalue weighted by atomic mass is 10.2. The largest absolute Gasteiger partial charge is 0.396 e. The molecule has 1 aromatic carbocycles. The molecule has 0 amide bonds. The summed E-state index contributed by atoms with van der Waals surface area (Å²) in [6.45, 7) is 4.17. The molecule has 0 saturated carbocycles. The Kier molecular flexibility index (Phi) is 5.92. The summed E-state index contributed by atoms with van der Waals surface area (Å²) >= 11 is 1.73. The molecule has 19 heavy (non-hydrogen) atoms. The van der Waals surface area contributed by atoms with E-state index in [0.717, 1.165) is 0 Å². The van der Waals surface area contributed by atoms with Crippen molar-refractivity contribution in [3.8, 4) is 0 Å². The maximum atomic E-state index is 13.7. The third-order valence-electron chi connectivity index (χ3n) is 2.70. The van der Waals surface area contributed by atoms with Gasteiger partial charge in [-0.15, -0.1) is 0 Å². The minimum atomic E-state index is -0.509. The Labute approximate surface area is 124 Å². The van der Waals surface area contributed by atoms with Gasteiger partial charge in [0.25, 0.3) is 5.69 Å². The zero-order valence-corrected chi connectivity index (χ0v) is 12.9. The molecule has 0 unspecified atom stereocenters. The van der Waals surface area contributed by atoms with Gasteiger partial charge in [-0.3, -0.25) is 10.1 Å². The van der Waals surface area contributed by atoms with Gasteiger partial charge < -0.3 is 10.0 Å². The molecule has 1 aromatic rings. The molecule has 0 aliphatic rings. The number of nitro benzene ring substituents is 1. The molecule has 7 heteroatoms. The monoisotopic (exact) mass is 382 g/mol. The molecule has 106 valence electrons. The summed E-state index contributed by atoms with van der Waals surface area (Å²) in [7, 11) is 0. The molecular weight excluding hydrogens is 366 g/mol. The van der Waals surface area contributed by atoms with Crippen LogP contribution in [-0.2, 0) is 0 Å². The van der Waals surface area contributed by atoms with E-state index in [0.29, 0.717) is 13.0 Å². The van der Waals surface area contributed by atoms with Crippen LogP contribution >= 0.6 is 22.6 Å². The fraction of sp³-hybridized carbons (Fsp3) is 0.500. The van der Waals surface area contributed by atoms with Gasteiger partial charge in [-0.2, -0.15) is 0 Å². The number of nitro groups is 1. The van der Waals surface area contributed by atoms with Crippen molar-refractivity contribution in [3.05, 3.63) is 31.6 Å². The molecule has 5 nitrogen and oxygen atoms in total. The number of rotatable bonds is 6. The summed E-state index contributed by atoms with van der Waals surface area (Å²) in [6.07, 6.45) is 0.475. The van der Waals surface area contributed by atoms with Gasteiger partial charge in [0, 0.05) is 31.3 Å². The standard InChI is InChI=1S/C12H16FIN2O3/c1-8(2)15(4-3-5-17)11-6-9(13)10(14)7-12(11)16(18)19/h6-8,17H,3-5H2,1-2H3. The molecule has 0 aliphatic heterocycles. The third kappa shape index (κ3) is 4.00. The predicted molar refractivity (Wildman–Crippen MR) is 80.0 cm³/mol. The molecule has 0 heterocycles. The van der Waals surface area contributed by atoms with Crippen molar-refractivity contribution in [1.82, 2.24) is 0 Å². The molecule has 1 N–H and O–H groups in total. The number of hydrogen-bond acceptors (Lipinski definition) is 4. The summed E-state index contributed by atoms with van der Waals surface area (Å²) < 4.78 is 13.9. The Hall–Kier alpha value is -0.960. The van der Waals surface area contributed by atoms with Crippen LogP contribution < -0.4 is 4.90 Å². The Morgan fingerprint density at radius 1 is 1.53 bits per heavy atom. The van der Waals surface area contributed by atoms with E-state index < -0.39 is 10.7 Å². The van der Waals surface area contributed by atoms with E-state index in [1.165, 1.54) is 12.1 Å². The minimum Gasteiger partial charge on any atom is -0.396 e. The SMILES string of the molecule is CC(C)N(CCCO)c1cc(F)c(I)cc1[N+](=O)[O-]. The molecule has 0 aromatic heterocycles. The van der Waals surface area contributed by atoms with E-state index in [9.17, 15) is 14.5 Å². The van der Waals surface area contributed by atoms with Gasteiger partial charge in [-0.25, -0.2) is 4.39 Å². The van der Waals surface area contributed by atoms with Crippen molar-refractivity contribution in [2.75, 3.05) is 18.1 Å². The lowest BCUT2D eigenvalue weighted by Gasteiger charge is -2.28. The van der Waals surface area contributed by atoms with Gasteiger partial charge in [0.2, 0.25) is 0 Å². The number of halogens is 2. The molecule has 1 rings (SSSR count). The van der Waals surface area contributed by atoms with Crippen LogP contribution in [-0.4, -0.2) is 29.2 Å². The summed E-state index contributed by atoms with van der Waals surface area (Å²) in [5, 5.41) is 20.0. The maximum Gasteiger partial charge on any atom is 0.293 e. The van der Waals surface area contributed by atoms with Crippen molar-refractivity contribution in [1.29, 1.82) is 0 Å². The second-order valence-corrected chi connectivity index (χ2v) is 5.54. The number of benzene rings is 1. The van der Waals surface area contributed by atoms with Crippen LogP contribution in [0.5, 0.6) is 0 Å². The van der Waals surface area contributed by atoms with E-state index in [4.69, 9.17) is 5.11 Å². The quantitative estimate of drug-likeness (QED) is 0.467. The topological polar surface area (TPSA) is 66.6 Å². The lowest BCUT2D eigenvalue weighted by Crippen LogP contribution is -2.33. The average Bonchev–Trinajstić information content (AvgIpc) is 2.32. The second-order valence-electron chi connectivity index (χ2n) is 4.38. The van der Waals surface area contributed by atoms with Gasteiger partial charge in [0.05, 0.1) is 8.49 Å². The van der Waals surface area contributed by atoms with Gasteiger partial charge in [-0.05, 0) is 42.9 Å². The molecule has 0 aliphatic carbocycles. The van der Waals surface area contributed by atoms with Crippen molar-refractivity contribution >= 4 is 34.0 Å². The highest BCUT2D eigenvalue weighted by Crippen LogP contribution is 2.33. The average molecular weight is 382 g/mol. The van der Waals surface area contributed by atoms with Crippen LogP contribution in [0.15, 0.2) is 12.1 Å². The van der Waals surface area contributed by atoms with Gasteiger partial charge in [0.1, 0.15) is 11.5 Å². The zero-order valence-electron chi connectivity index (χ0n) is 10.8. The highest BCUT2D eigenvalue weighted by atomic mass is 127. The smallest absolute Gasteiger partial charge is 0.293 e. The van der Waals surface area contributed by atoms with Crippen LogP contribution in [0, 0.1) is 19.5 Å². The summed E-state index contributed by atoms with van der Waals surface area (Å²) in [5.74, 6) is -0.476. The fourth-order valence-electron chi connectivity index (χ4n) is 1.80. The Bertz CT molecular complexity index is 469. The molecule has 0 saturated heterocycles. The van der Waals surface area contributed by atoms with Crippen LogP contribution in [0.2, 0.25) is 0 Å². The van der Waals surface area contributed by atoms with E-state index >= 15 is 0 Å². The first kappa shape index (κ1) is 16.1. The third-order valence-corrected chi connectivity index (χ3v) is 3.53. The van der Waals surface area contributed by atoms with Crippen LogP contribution in [0.3, 0.4) is 0 Å². The predicted octanol–water partition coefficient (Wildman–Crippen LogP) is 2.94. The summed E-state index contributed by atoms with van der Waals surface area (Å²) in [4.78, 5) is 12.3. The Morgan fingerprint density at radius 3 is 2.63 bits per heavy atom. The summed E-state index contributed by atoms with van der Waals surface area (Å²) in [5.41, 5.74) is 0.142. The van der Waals surface area contributed by atoms with Gasteiger partial charge >= 0.3 is 0 Å². The lowest BCUT2D eigenvalue weighted by molar-refractivity contribution is -0.384. The highest BCUT2D eigenvalue weighted by Gasteiger charge is 2.23. The zero-order chi connectivity index (χ0) is 14.6. The number of aliphatic hydroxyl groups excluding tert-OH is 1. The van der Waals surface area contributed by atoms with Crippen molar-refractivity contribution in [2.24, 2.45) is 0 Å². The van der Waals surface area contributed by atoms with Crippen LogP contribution in [0.25, 0.3) is 0 Å². The molecular formula is C12H16FIN2O3.